The molecular weight excluding hydrogens is 271 g/mol. The molecule has 0 heterocycles. The van der Waals surface area contributed by atoms with Gasteiger partial charge in [0.05, 0.1) is 14.2 Å². The Balaban J connectivity index is 2.74. The van der Waals surface area contributed by atoms with Crippen LogP contribution in [0.4, 0.5) is 13.2 Å². The van der Waals surface area contributed by atoms with Gasteiger partial charge >= 0.3 is 6.18 Å². The number of alkyl halides is 3. The number of rotatable bonds is 7. The van der Waals surface area contributed by atoms with Crippen LogP contribution in [0.2, 0.25) is 0 Å². The van der Waals surface area contributed by atoms with Gasteiger partial charge < -0.3 is 14.8 Å². The highest BCUT2D eigenvalue weighted by molar-refractivity contribution is 5.43. The van der Waals surface area contributed by atoms with Crippen LogP contribution in [0.25, 0.3) is 0 Å². The standard InChI is InChI=1S/C14H20F3NO2/c1-18-11(5-4-8-14(15,16)17)10-6-7-12(19-2)13(9-10)20-3/h6-7,9,11,18H,4-5,8H2,1-3H3. The zero-order valence-corrected chi connectivity index (χ0v) is 11.9. The number of benzene rings is 1. The van der Waals surface area contributed by atoms with Gasteiger partial charge in [0.15, 0.2) is 11.5 Å². The summed E-state index contributed by atoms with van der Waals surface area (Å²) in [5, 5.41) is 3.03. The smallest absolute Gasteiger partial charge is 0.389 e. The molecule has 114 valence electrons. The van der Waals surface area contributed by atoms with Crippen molar-refractivity contribution >= 4 is 0 Å². The summed E-state index contributed by atoms with van der Waals surface area (Å²) in [7, 11) is 4.80. The lowest BCUT2D eigenvalue weighted by Gasteiger charge is -2.18. The normalized spacial score (nSPS) is 13.1. The highest BCUT2D eigenvalue weighted by Crippen LogP contribution is 2.32. The Morgan fingerprint density at radius 3 is 2.30 bits per heavy atom. The van der Waals surface area contributed by atoms with E-state index in [9.17, 15) is 13.2 Å². The second-order valence-electron chi connectivity index (χ2n) is 4.46. The van der Waals surface area contributed by atoms with E-state index in [0.717, 1.165) is 5.56 Å². The number of hydrogen-bond donors (Lipinski definition) is 1. The van der Waals surface area contributed by atoms with Crippen LogP contribution < -0.4 is 14.8 Å². The van der Waals surface area contributed by atoms with Crippen LogP contribution >= 0.6 is 0 Å². The molecular formula is C14H20F3NO2. The minimum atomic E-state index is -4.10. The van der Waals surface area contributed by atoms with Crippen LogP contribution in [0, 0.1) is 0 Å². The Kier molecular flexibility index (Phi) is 6.13. The van der Waals surface area contributed by atoms with E-state index in [4.69, 9.17) is 9.47 Å². The molecule has 0 saturated heterocycles. The van der Waals surface area contributed by atoms with Crippen molar-refractivity contribution in [3.8, 4) is 11.5 Å². The molecule has 1 N–H and O–H groups in total. The topological polar surface area (TPSA) is 30.5 Å². The van der Waals surface area contributed by atoms with Crippen LogP contribution in [0.1, 0.15) is 30.9 Å². The van der Waals surface area contributed by atoms with Gasteiger partial charge in [0, 0.05) is 12.5 Å². The maximum atomic E-state index is 12.2. The third kappa shape index (κ3) is 4.92. The van der Waals surface area contributed by atoms with E-state index in [-0.39, 0.29) is 12.5 Å². The van der Waals surface area contributed by atoms with E-state index in [2.05, 4.69) is 5.32 Å². The lowest BCUT2D eigenvalue weighted by molar-refractivity contribution is -0.135. The summed E-state index contributed by atoms with van der Waals surface area (Å²) in [5.41, 5.74) is 0.882. The van der Waals surface area contributed by atoms with Crippen molar-refractivity contribution in [2.45, 2.75) is 31.5 Å². The molecule has 1 aromatic rings. The molecule has 1 atom stereocenters. The fourth-order valence-corrected chi connectivity index (χ4v) is 2.05. The summed E-state index contributed by atoms with van der Waals surface area (Å²) in [4.78, 5) is 0. The van der Waals surface area contributed by atoms with Gasteiger partial charge in [-0.15, -0.1) is 0 Å². The monoisotopic (exact) mass is 291 g/mol. The van der Waals surface area contributed by atoms with Crippen LogP contribution in [0.3, 0.4) is 0 Å². The number of halogens is 3. The first-order chi connectivity index (χ1) is 9.41. The zero-order chi connectivity index (χ0) is 15.2. The number of nitrogens with one attached hydrogen (secondary N) is 1. The van der Waals surface area contributed by atoms with E-state index < -0.39 is 12.6 Å². The molecule has 0 fully saturated rings. The Morgan fingerprint density at radius 1 is 1.15 bits per heavy atom. The van der Waals surface area contributed by atoms with E-state index in [0.29, 0.717) is 17.9 Å². The Bertz CT molecular complexity index is 421. The molecule has 1 rings (SSSR count). The molecule has 6 heteroatoms. The van der Waals surface area contributed by atoms with Crippen molar-refractivity contribution in [2.75, 3.05) is 21.3 Å². The molecule has 1 aromatic carbocycles. The van der Waals surface area contributed by atoms with Crippen molar-refractivity contribution in [1.29, 1.82) is 0 Å². The van der Waals surface area contributed by atoms with Crippen molar-refractivity contribution in [3.63, 3.8) is 0 Å². The Labute approximate surface area is 117 Å². The molecule has 0 spiro atoms. The highest BCUT2D eigenvalue weighted by Gasteiger charge is 2.26. The minimum Gasteiger partial charge on any atom is -0.493 e. The summed E-state index contributed by atoms with van der Waals surface area (Å²) >= 11 is 0. The van der Waals surface area contributed by atoms with E-state index in [1.54, 1.807) is 19.2 Å². The molecule has 0 aliphatic heterocycles. The molecule has 0 saturated carbocycles. The van der Waals surface area contributed by atoms with Crippen LogP contribution in [0.5, 0.6) is 11.5 Å². The molecule has 0 aromatic heterocycles. The predicted molar refractivity (Wildman–Crippen MR) is 71.3 cm³/mol. The summed E-state index contributed by atoms with van der Waals surface area (Å²) in [6, 6.07) is 5.23. The second kappa shape index (κ2) is 7.38. The van der Waals surface area contributed by atoms with Crippen LogP contribution in [-0.2, 0) is 0 Å². The molecule has 0 bridgehead atoms. The van der Waals surface area contributed by atoms with Crippen LogP contribution in [0.15, 0.2) is 18.2 Å². The van der Waals surface area contributed by atoms with Crippen molar-refractivity contribution in [2.24, 2.45) is 0 Å². The molecule has 0 aliphatic carbocycles. The predicted octanol–water partition coefficient (Wildman–Crippen LogP) is 3.70. The quantitative estimate of drug-likeness (QED) is 0.831. The van der Waals surface area contributed by atoms with Crippen LogP contribution in [-0.4, -0.2) is 27.4 Å². The summed E-state index contributed by atoms with van der Waals surface area (Å²) < 4.78 is 46.9. The van der Waals surface area contributed by atoms with Gasteiger partial charge in [0.25, 0.3) is 0 Å². The summed E-state index contributed by atoms with van der Waals surface area (Å²) in [6.07, 6.45) is -4.37. The maximum absolute atomic E-state index is 12.2. The largest absolute Gasteiger partial charge is 0.493 e. The van der Waals surface area contributed by atoms with E-state index >= 15 is 0 Å². The fourth-order valence-electron chi connectivity index (χ4n) is 2.05. The van der Waals surface area contributed by atoms with Gasteiger partial charge in [-0.1, -0.05) is 6.07 Å². The first kappa shape index (κ1) is 16.6. The van der Waals surface area contributed by atoms with Gasteiger partial charge in [-0.25, -0.2) is 0 Å². The van der Waals surface area contributed by atoms with Crippen molar-refractivity contribution in [1.82, 2.24) is 5.32 Å². The van der Waals surface area contributed by atoms with Crippen molar-refractivity contribution < 1.29 is 22.6 Å². The minimum absolute atomic E-state index is 0.0867. The first-order valence-corrected chi connectivity index (χ1v) is 6.37. The highest BCUT2D eigenvalue weighted by atomic mass is 19.4. The molecule has 0 amide bonds. The lowest BCUT2D eigenvalue weighted by atomic mass is 10.0. The summed E-state index contributed by atoms with van der Waals surface area (Å²) in [6.45, 7) is 0. The zero-order valence-electron chi connectivity index (χ0n) is 11.9. The molecule has 0 aliphatic rings. The van der Waals surface area contributed by atoms with Gasteiger partial charge in [-0.05, 0) is 37.6 Å². The number of methoxy groups -OCH3 is 2. The average molecular weight is 291 g/mol. The first-order valence-electron chi connectivity index (χ1n) is 6.37. The third-order valence-corrected chi connectivity index (χ3v) is 3.11. The molecule has 0 radical (unpaired) electrons. The second-order valence-corrected chi connectivity index (χ2v) is 4.46. The Hall–Kier alpha value is -1.43. The number of hydrogen-bond acceptors (Lipinski definition) is 3. The van der Waals surface area contributed by atoms with Gasteiger partial charge in [-0.3, -0.25) is 0 Å². The third-order valence-electron chi connectivity index (χ3n) is 3.11. The lowest BCUT2D eigenvalue weighted by Crippen LogP contribution is -2.17. The molecule has 3 nitrogen and oxygen atoms in total. The van der Waals surface area contributed by atoms with E-state index in [1.807, 2.05) is 6.07 Å². The molecule has 20 heavy (non-hydrogen) atoms. The fraction of sp³-hybridized carbons (Fsp3) is 0.571. The SMILES string of the molecule is CNC(CCCC(F)(F)F)c1ccc(OC)c(OC)c1. The molecule has 1 unspecified atom stereocenters. The van der Waals surface area contributed by atoms with Gasteiger partial charge in [-0.2, -0.15) is 13.2 Å². The number of ether oxygens (including phenoxy) is 2. The van der Waals surface area contributed by atoms with Gasteiger partial charge in [0.1, 0.15) is 0 Å². The van der Waals surface area contributed by atoms with E-state index in [1.165, 1.54) is 14.2 Å². The van der Waals surface area contributed by atoms with Gasteiger partial charge in [0.2, 0.25) is 0 Å². The maximum Gasteiger partial charge on any atom is 0.389 e. The Morgan fingerprint density at radius 2 is 1.80 bits per heavy atom. The summed E-state index contributed by atoms with van der Waals surface area (Å²) in [5.74, 6) is 1.17. The van der Waals surface area contributed by atoms with Crippen molar-refractivity contribution in [3.05, 3.63) is 23.8 Å². The average Bonchev–Trinajstić information content (AvgIpc) is 2.41.